The van der Waals surface area contributed by atoms with Gasteiger partial charge in [-0.3, -0.25) is 4.98 Å². The van der Waals surface area contributed by atoms with Gasteiger partial charge < -0.3 is 0 Å². The molecular formula is C13H19N5O2S. The Balaban J connectivity index is 2.30. The number of anilines is 1. The van der Waals surface area contributed by atoms with E-state index in [0.29, 0.717) is 5.82 Å². The van der Waals surface area contributed by atoms with Crippen molar-refractivity contribution in [3.05, 3.63) is 29.8 Å². The molecule has 0 unspecified atom stereocenters. The van der Waals surface area contributed by atoms with Crippen LogP contribution in [0.4, 0.5) is 5.95 Å². The Kier molecular flexibility index (Phi) is 3.75. The standard InChI is InChI=1S/C13H19N5O2S/c1-9-15-12(18(5)16-9)17-21(19,20)10-6-7-11(14-8-10)13(2,3)4/h6-8H,1-5H3,(H,15,16,17). The third-order valence-corrected chi connectivity index (χ3v) is 4.22. The van der Waals surface area contributed by atoms with Crippen LogP contribution in [0, 0.1) is 6.92 Å². The van der Waals surface area contributed by atoms with E-state index < -0.39 is 10.0 Å². The number of aromatic nitrogens is 4. The maximum atomic E-state index is 12.3. The van der Waals surface area contributed by atoms with Crippen LogP contribution >= 0.6 is 0 Å². The van der Waals surface area contributed by atoms with Crippen LogP contribution in [0.1, 0.15) is 32.3 Å². The second-order valence-electron chi connectivity index (χ2n) is 5.84. The normalized spacial score (nSPS) is 12.4. The van der Waals surface area contributed by atoms with Gasteiger partial charge in [0, 0.05) is 24.4 Å². The zero-order valence-electron chi connectivity index (χ0n) is 12.7. The summed E-state index contributed by atoms with van der Waals surface area (Å²) in [5, 5.41) is 4.00. The summed E-state index contributed by atoms with van der Waals surface area (Å²) >= 11 is 0. The average molecular weight is 309 g/mol. The second-order valence-corrected chi connectivity index (χ2v) is 7.52. The number of rotatable bonds is 3. The van der Waals surface area contributed by atoms with E-state index >= 15 is 0 Å². The molecule has 21 heavy (non-hydrogen) atoms. The van der Waals surface area contributed by atoms with Gasteiger partial charge in [-0.15, -0.1) is 0 Å². The van der Waals surface area contributed by atoms with E-state index in [0.717, 1.165) is 5.69 Å². The Hall–Kier alpha value is -1.96. The van der Waals surface area contributed by atoms with Gasteiger partial charge in [-0.1, -0.05) is 20.8 Å². The Labute approximate surface area is 124 Å². The fourth-order valence-electron chi connectivity index (χ4n) is 1.76. The van der Waals surface area contributed by atoms with Crippen LogP contribution in [0.3, 0.4) is 0 Å². The van der Waals surface area contributed by atoms with Gasteiger partial charge >= 0.3 is 0 Å². The zero-order chi connectivity index (χ0) is 15.8. The molecule has 2 heterocycles. The summed E-state index contributed by atoms with van der Waals surface area (Å²) in [7, 11) is -2.10. The lowest BCUT2D eigenvalue weighted by atomic mass is 9.92. The van der Waals surface area contributed by atoms with Crippen LogP contribution in [0.25, 0.3) is 0 Å². The molecule has 0 fully saturated rings. The largest absolute Gasteiger partial charge is 0.265 e. The van der Waals surface area contributed by atoms with Crippen LogP contribution < -0.4 is 4.72 Å². The molecule has 0 aromatic carbocycles. The molecule has 0 radical (unpaired) electrons. The minimum atomic E-state index is -3.72. The quantitative estimate of drug-likeness (QED) is 0.930. The van der Waals surface area contributed by atoms with Gasteiger partial charge in [0.2, 0.25) is 5.95 Å². The van der Waals surface area contributed by atoms with Gasteiger partial charge in [0.25, 0.3) is 10.0 Å². The van der Waals surface area contributed by atoms with E-state index in [1.165, 1.54) is 10.9 Å². The molecule has 2 aromatic rings. The highest BCUT2D eigenvalue weighted by molar-refractivity contribution is 7.92. The van der Waals surface area contributed by atoms with Crippen molar-refractivity contribution in [3.63, 3.8) is 0 Å². The van der Waals surface area contributed by atoms with E-state index in [4.69, 9.17) is 0 Å². The summed E-state index contributed by atoms with van der Waals surface area (Å²) < 4.78 is 28.4. The van der Waals surface area contributed by atoms with Gasteiger partial charge in [0.15, 0.2) is 0 Å². The van der Waals surface area contributed by atoms with Crippen LogP contribution in [-0.2, 0) is 22.5 Å². The first-order chi connectivity index (χ1) is 9.59. The molecule has 0 saturated carbocycles. The summed E-state index contributed by atoms with van der Waals surface area (Å²) in [6.45, 7) is 7.75. The Morgan fingerprint density at radius 2 is 1.90 bits per heavy atom. The van der Waals surface area contributed by atoms with Crippen LogP contribution in [0.15, 0.2) is 23.2 Å². The first-order valence-electron chi connectivity index (χ1n) is 6.46. The maximum absolute atomic E-state index is 12.3. The molecule has 0 atom stereocenters. The molecule has 0 aliphatic rings. The molecule has 8 heteroatoms. The van der Waals surface area contributed by atoms with Crippen LogP contribution in [0.5, 0.6) is 0 Å². The molecule has 0 spiro atoms. The fourth-order valence-corrected chi connectivity index (χ4v) is 2.74. The monoisotopic (exact) mass is 309 g/mol. The summed E-state index contributed by atoms with van der Waals surface area (Å²) in [5.41, 5.74) is 0.701. The lowest BCUT2D eigenvalue weighted by Crippen LogP contribution is -2.18. The van der Waals surface area contributed by atoms with Crippen molar-refractivity contribution >= 4 is 16.0 Å². The van der Waals surface area contributed by atoms with Crippen LogP contribution in [0.2, 0.25) is 0 Å². The minimum Gasteiger partial charge on any atom is -0.259 e. The van der Waals surface area contributed by atoms with Gasteiger partial charge in [0.1, 0.15) is 10.7 Å². The third-order valence-electron chi connectivity index (χ3n) is 2.91. The fraction of sp³-hybridized carbons (Fsp3) is 0.462. The Bertz CT molecular complexity index is 742. The second kappa shape index (κ2) is 5.10. The number of nitrogens with one attached hydrogen (secondary N) is 1. The highest BCUT2D eigenvalue weighted by atomic mass is 32.2. The SMILES string of the molecule is Cc1nc(NS(=O)(=O)c2ccc(C(C)(C)C)nc2)n(C)n1. The molecule has 0 aliphatic carbocycles. The predicted octanol–water partition coefficient (Wildman–Crippen LogP) is 1.62. The summed E-state index contributed by atoms with van der Waals surface area (Å²) in [6, 6.07) is 3.26. The molecule has 1 N–H and O–H groups in total. The van der Waals surface area contributed by atoms with Gasteiger partial charge in [-0.25, -0.2) is 17.8 Å². The molecule has 2 rings (SSSR count). The molecule has 0 saturated heterocycles. The summed E-state index contributed by atoms with van der Waals surface area (Å²) in [6.07, 6.45) is 1.35. The van der Waals surface area contributed by atoms with Crippen molar-refractivity contribution in [2.45, 2.75) is 38.0 Å². The van der Waals surface area contributed by atoms with Gasteiger partial charge in [-0.2, -0.15) is 10.1 Å². The number of nitrogens with zero attached hydrogens (tertiary/aromatic N) is 4. The van der Waals surface area contributed by atoms with Crippen molar-refractivity contribution in [1.29, 1.82) is 0 Å². The molecular weight excluding hydrogens is 290 g/mol. The first-order valence-corrected chi connectivity index (χ1v) is 7.95. The van der Waals surface area contributed by atoms with Crippen molar-refractivity contribution in [1.82, 2.24) is 19.7 Å². The van der Waals surface area contributed by atoms with E-state index in [9.17, 15) is 8.42 Å². The number of sulfonamides is 1. The maximum Gasteiger partial charge on any atom is 0.265 e. The topological polar surface area (TPSA) is 89.8 Å². The highest BCUT2D eigenvalue weighted by Crippen LogP contribution is 2.21. The van der Waals surface area contributed by atoms with E-state index in [2.05, 4.69) is 19.8 Å². The van der Waals surface area contributed by atoms with E-state index in [1.807, 2.05) is 20.8 Å². The van der Waals surface area contributed by atoms with Crippen LogP contribution in [-0.4, -0.2) is 28.2 Å². The molecule has 0 aliphatic heterocycles. The minimum absolute atomic E-state index is 0.0937. The average Bonchev–Trinajstić information content (AvgIpc) is 2.66. The third kappa shape index (κ3) is 3.38. The molecule has 114 valence electrons. The predicted molar refractivity (Wildman–Crippen MR) is 79.5 cm³/mol. The van der Waals surface area contributed by atoms with E-state index in [1.54, 1.807) is 26.1 Å². The number of aryl methyl sites for hydroxylation is 2. The van der Waals surface area contributed by atoms with E-state index in [-0.39, 0.29) is 16.3 Å². The van der Waals surface area contributed by atoms with Crippen molar-refractivity contribution in [2.75, 3.05) is 4.72 Å². The number of hydrogen-bond donors (Lipinski definition) is 1. The smallest absolute Gasteiger partial charge is 0.259 e. The highest BCUT2D eigenvalue weighted by Gasteiger charge is 2.20. The first kappa shape index (κ1) is 15.4. The van der Waals surface area contributed by atoms with Gasteiger partial charge in [0.05, 0.1) is 0 Å². The molecule has 0 amide bonds. The van der Waals surface area contributed by atoms with Crippen molar-refractivity contribution in [3.8, 4) is 0 Å². The lowest BCUT2D eigenvalue weighted by Gasteiger charge is -2.17. The zero-order valence-corrected chi connectivity index (χ0v) is 13.6. The Morgan fingerprint density at radius 1 is 1.24 bits per heavy atom. The number of hydrogen-bond acceptors (Lipinski definition) is 5. The summed E-state index contributed by atoms with van der Waals surface area (Å²) in [5.74, 6) is 0.670. The van der Waals surface area contributed by atoms with Crippen molar-refractivity contribution in [2.24, 2.45) is 7.05 Å². The molecule has 0 bridgehead atoms. The lowest BCUT2D eigenvalue weighted by molar-refractivity contribution is 0.566. The Morgan fingerprint density at radius 3 is 2.33 bits per heavy atom. The number of pyridine rings is 1. The molecule has 2 aromatic heterocycles. The summed E-state index contributed by atoms with van der Waals surface area (Å²) in [4.78, 5) is 8.34. The van der Waals surface area contributed by atoms with Crippen molar-refractivity contribution < 1.29 is 8.42 Å². The molecule has 7 nitrogen and oxygen atoms in total. The van der Waals surface area contributed by atoms with Gasteiger partial charge in [-0.05, 0) is 19.1 Å².